The van der Waals surface area contributed by atoms with Crippen molar-refractivity contribution in [3.05, 3.63) is 106 Å². The van der Waals surface area contributed by atoms with Crippen LogP contribution in [-0.2, 0) is 22.7 Å². The molecule has 3 aliphatic heterocycles. The average Bonchev–Trinajstić information content (AvgIpc) is 3.62. The van der Waals surface area contributed by atoms with Gasteiger partial charge in [0.25, 0.3) is 11.8 Å². The molecule has 258 valence electrons. The van der Waals surface area contributed by atoms with Gasteiger partial charge in [-0.05, 0) is 66.6 Å². The SMILES string of the molecule is CC1C(=O)N(Cc2ccc(C(=O)N3CC=CC3)cc2)c2cc(N3CCNCC3)ccc2CN1C(=O)c1ccc(Cl)cc1.O=C(O)C(F)(F)F. The van der Waals surface area contributed by atoms with Crippen LogP contribution in [0, 0.1) is 0 Å². The van der Waals surface area contributed by atoms with E-state index in [2.05, 4.69) is 22.3 Å². The molecule has 0 spiro atoms. The van der Waals surface area contributed by atoms with Crippen LogP contribution in [0.15, 0.2) is 78.9 Å². The second kappa shape index (κ2) is 15.1. The van der Waals surface area contributed by atoms with E-state index in [1.165, 1.54) is 0 Å². The van der Waals surface area contributed by atoms with Gasteiger partial charge < -0.3 is 30.0 Å². The van der Waals surface area contributed by atoms with Crippen LogP contribution >= 0.6 is 11.6 Å². The summed E-state index contributed by atoms with van der Waals surface area (Å²) in [5.74, 6) is -3.14. The molecule has 0 aromatic heterocycles. The second-order valence-corrected chi connectivity index (χ2v) is 12.2. The molecule has 1 unspecified atom stereocenters. The average molecular weight is 698 g/mol. The number of nitrogens with zero attached hydrogens (tertiary/aromatic N) is 4. The van der Waals surface area contributed by atoms with E-state index in [-0.39, 0.29) is 17.7 Å². The maximum absolute atomic E-state index is 14.2. The Bertz CT molecular complexity index is 1720. The minimum absolute atomic E-state index is 0.00613. The highest BCUT2D eigenvalue weighted by Crippen LogP contribution is 2.34. The summed E-state index contributed by atoms with van der Waals surface area (Å²) in [5, 5.41) is 11.1. The van der Waals surface area contributed by atoms with E-state index in [1.807, 2.05) is 42.5 Å². The van der Waals surface area contributed by atoms with Crippen LogP contribution in [0.4, 0.5) is 24.5 Å². The Morgan fingerprint density at radius 3 is 2.06 bits per heavy atom. The molecule has 0 bridgehead atoms. The number of anilines is 2. The van der Waals surface area contributed by atoms with Crippen molar-refractivity contribution in [2.45, 2.75) is 32.2 Å². The predicted molar refractivity (Wildman–Crippen MR) is 179 cm³/mol. The lowest BCUT2D eigenvalue weighted by atomic mass is 10.1. The Hall–Kier alpha value is -4.88. The van der Waals surface area contributed by atoms with E-state index in [0.717, 1.165) is 48.7 Å². The maximum Gasteiger partial charge on any atom is 0.490 e. The van der Waals surface area contributed by atoms with E-state index in [1.54, 1.807) is 45.9 Å². The summed E-state index contributed by atoms with van der Waals surface area (Å²) in [5.41, 5.74) is 4.78. The van der Waals surface area contributed by atoms with Gasteiger partial charge in [-0.25, -0.2) is 4.79 Å². The third-order valence-corrected chi connectivity index (χ3v) is 8.77. The topological polar surface area (TPSA) is 114 Å². The van der Waals surface area contributed by atoms with Gasteiger partial charge in [0.1, 0.15) is 6.04 Å². The number of rotatable bonds is 5. The molecule has 49 heavy (non-hydrogen) atoms. The predicted octanol–water partition coefficient (Wildman–Crippen LogP) is 4.97. The Morgan fingerprint density at radius 2 is 1.47 bits per heavy atom. The third kappa shape index (κ3) is 8.41. The van der Waals surface area contributed by atoms with Gasteiger partial charge in [-0.15, -0.1) is 0 Å². The molecular weight excluding hydrogens is 663 g/mol. The van der Waals surface area contributed by atoms with Crippen LogP contribution in [0.1, 0.15) is 38.8 Å². The van der Waals surface area contributed by atoms with Crippen molar-refractivity contribution in [1.82, 2.24) is 15.1 Å². The number of carboxylic acid groups (broad SMARTS) is 1. The first-order valence-electron chi connectivity index (χ1n) is 15.6. The Morgan fingerprint density at radius 1 is 0.898 bits per heavy atom. The fourth-order valence-electron chi connectivity index (χ4n) is 5.79. The van der Waals surface area contributed by atoms with E-state index in [9.17, 15) is 27.6 Å². The number of fused-ring (bicyclic) bond motifs is 1. The minimum atomic E-state index is -5.08. The molecule has 14 heteroatoms. The fraction of sp³-hybridized carbons (Fsp3) is 0.314. The second-order valence-electron chi connectivity index (χ2n) is 11.8. The summed E-state index contributed by atoms with van der Waals surface area (Å²) in [4.78, 5) is 57.1. The zero-order valence-corrected chi connectivity index (χ0v) is 27.4. The van der Waals surface area contributed by atoms with Crippen LogP contribution in [0.3, 0.4) is 0 Å². The number of piperazine rings is 1. The monoisotopic (exact) mass is 697 g/mol. The molecule has 3 heterocycles. The molecule has 0 radical (unpaired) electrons. The molecule has 3 amide bonds. The van der Waals surface area contributed by atoms with Gasteiger partial charge in [0, 0.05) is 67.7 Å². The normalized spacial score (nSPS) is 17.7. The van der Waals surface area contributed by atoms with Crippen LogP contribution in [0.5, 0.6) is 0 Å². The number of hydrogen-bond acceptors (Lipinski definition) is 6. The standard InChI is InChI=1S/C33H34ClN5O3.C2HF3O2/c1-23-31(40)39(21-24-4-6-25(7-5-24)32(41)37-16-2-3-17-37)30-20-29(36-18-14-35-15-19-36)13-10-27(30)22-38(23)33(42)26-8-11-28(34)12-9-26;3-2(4,5)1(6)7/h2-13,20,23,35H,14-19,21-22H2,1H3;(H,6,7). The highest BCUT2D eigenvalue weighted by atomic mass is 35.5. The van der Waals surface area contributed by atoms with Crippen molar-refractivity contribution in [3.63, 3.8) is 0 Å². The molecule has 3 aromatic carbocycles. The smallest absolute Gasteiger partial charge is 0.475 e. The molecule has 1 atom stereocenters. The number of carboxylic acids is 1. The summed E-state index contributed by atoms with van der Waals surface area (Å²) in [6, 6.07) is 19.8. The van der Waals surface area contributed by atoms with Gasteiger partial charge in [0.2, 0.25) is 5.91 Å². The number of hydrogen-bond donors (Lipinski definition) is 2. The lowest BCUT2D eigenvalue weighted by Gasteiger charge is -2.31. The van der Waals surface area contributed by atoms with Gasteiger partial charge in [-0.2, -0.15) is 13.2 Å². The highest BCUT2D eigenvalue weighted by Gasteiger charge is 2.38. The quantitative estimate of drug-likeness (QED) is 0.362. The van der Waals surface area contributed by atoms with Crippen LogP contribution in [0.25, 0.3) is 0 Å². The first kappa shape index (κ1) is 35.4. The number of carbonyl (C=O) groups excluding carboxylic acids is 3. The Kier molecular flexibility index (Phi) is 10.9. The molecule has 0 aliphatic carbocycles. The van der Waals surface area contributed by atoms with Crippen LogP contribution in [0.2, 0.25) is 5.02 Å². The van der Waals surface area contributed by atoms with Crippen LogP contribution in [-0.4, -0.2) is 90.1 Å². The van der Waals surface area contributed by atoms with Gasteiger partial charge in [-0.1, -0.05) is 42.0 Å². The van der Waals surface area contributed by atoms with E-state index >= 15 is 0 Å². The van der Waals surface area contributed by atoms with Crippen molar-refractivity contribution in [3.8, 4) is 0 Å². The molecule has 1 saturated heterocycles. The zero-order valence-electron chi connectivity index (χ0n) is 26.6. The van der Waals surface area contributed by atoms with Gasteiger partial charge >= 0.3 is 12.1 Å². The summed E-state index contributed by atoms with van der Waals surface area (Å²) in [7, 11) is 0. The highest BCUT2D eigenvalue weighted by molar-refractivity contribution is 6.30. The number of nitrogens with one attached hydrogen (secondary N) is 1. The summed E-state index contributed by atoms with van der Waals surface area (Å²) < 4.78 is 31.7. The fourth-order valence-corrected chi connectivity index (χ4v) is 5.91. The van der Waals surface area contributed by atoms with E-state index < -0.39 is 18.2 Å². The van der Waals surface area contributed by atoms with Crippen LogP contribution < -0.4 is 15.1 Å². The first-order valence-corrected chi connectivity index (χ1v) is 16.0. The maximum atomic E-state index is 14.2. The van der Waals surface area contributed by atoms with E-state index in [0.29, 0.717) is 42.3 Å². The van der Waals surface area contributed by atoms with Gasteiger partial charge in [0.15, 0.2) is 0 Å². The third-order valence-electron chi connectivity index (χ3n) is 8.52. The first-order chi connectivity index (χ1) is 23.3. The van der Waals surface area contributed by atoms with Crippen molar-refractivity contribution in [2.24, 2.45) is 0 Å². The summed E-state index contributed by atoms with van der Waals surface area (Å²) in [6.45, 7) is 7.23. The zero-order chi connectivity index (χ0) is 35.3. The van der Waals surface area contributed by atoms with Gasteiger partial charge in [-0.3, -0.25) is 14.4 Å². The number of benzene rings is 3. The van der Waals surface area contributed by atoms with Crippen molar-refractivity contribution in [1.29, 1.82) is 0 Å². The Labute approximate surface area is 286 Å². The molecule has 6 rings (SSSR count). The molecule has 1 fully saturated rings. The number of halogens is 4. The molecule has 3 aromatic rings. The molecule has 3 aliphatic rings. The van der Waals surface area contributed by atoms with Crippen molar-refractivity contribution >= 4 is 46.7 Å². The molecule has 10 nitrogen and oxygen atoms in total. The lowest BCUT2D eigenvalue weighted by molar-refractivity contribution is -0.192. The van der Waals surface area contributed by atoms with Crippen molar-refractivity contribution < 1.29 is 37.5 Å². The number of amides is 3. The molecule has 0 saturated carbocycles. The van der Waals surface area contributed by atoms with Crippen molar-refractivity contribution in [2.75, 3.05) is 49.1 Å². The van der Waals surface area contributed by atoms with Gasteiger partial charge in [0.05, 0.1) is 12.2 Å². The Balaban J connectivity index is 0.000000606. The summed E-state index contributed by atoms with van der Waals surface area (Å²) >= 11 is 6.06. The summed E-state index contributed by atoms with van der Waals surface area (Å²) in [6.07, 6.45) is -1.10. The molecule has 2 N–H and O–H groups in total. The number of aliphatic carboxylic acids is 1. The van der Waals surface area contributed by atoms with E-state index in [4.69, 9.17) is 21.5 Å². The lowest BCUT2D eigenvalue weighted by Crippen LogP contribution is -2.47. The largest absolute Gasteiger partial charge is 0.490 e. The minimum Gasteiger partial charge on any atom is -0.475 e. The number of carbonyl (C=O) groups is 4. The molecular formula is C35H35ClF3N5O5. The number of alkyl halides is 3.